The molecule has 0 bridgehead atoms. The first-order valence-corrected chi connectivity index (χ1v) is 5.06. The Hall–Kier alpha value is -2.43. The van der Waals surface area contributed by atoms with Crippen LogP contribution in [-0.4, -0.2) is 14.5 Å². The van der Waals surface area contributed by atoms with Gasteiger partial charge in [-0.1, -0.05) is 0 Å². The third kappa shape index (κ3) is 1.52. The molecule has 84 valence electrons. The van der Waals surface area contributed by atoms with Gasteiger partial charge in [-0.25, -0.2) is 9.18 Å². The monoisotopic (exact) mass is 229 g/mol. The van der Waals surface area contributed by atoms with E-state index >= 15 is 0 Å². The molecule has 0 saturated heterocycles. The maximum atomic E-state index is 13.2. The van der Waals surface area contributed by atoms with Crippen LogP contribution in [0.4, 0.5) is 4.39 Å². The van der Waals surface area contributed by atoms with Crippen molar-refractivity contribution >= 4 is 11.0 Å². The summed E-state index contributed by atoms with van der Waals surface area (Å²) < 4.78 is 14.6. The Morgan fingerprint density at radius 3 is 2.94 bits per heavy atom. The fraction of sp³-hybridized carbons (Fsp3) is 0. The number of halogens is 1. The largest absolute Gasteiger partial charge is 0.331 e. The molecule has 0 amide bonds. The Bertz CT molecular complexity index is 730. The van der Waals surface area contributed by atoms with Gasteiger partial charge in [-0.3, -0.25) is 9.55 Å². The number of aromatic amines is 1. The van der Waals surface area contributed by atoms with Crippen LogP contribution in [0.5, 0.6) is 0 Å². The number of H-pyrrole nitrogens is 1. The molecule has 0 aliphatic heterocycles. The first-order chi connectivity index (χ1) is 8.25. The Balaban J connectivity index is 2.40. The van der Waals surface area contributed by atoms with Crippen LogP contribution in [0.15, 0.2) is 47.5 Å². The van der Waals surface area contributed by atoms with Crippen molar-refractivity contribution in [2.24, 2.45) is 0 Å². The van der Waals surface area contributed by atoms with Crippen molar-refractivity contribution in [3.63, 3.8) is 0 Å². The molecule has 0 radical (unpaired) electrons. The van der Waals surface area contributed by atoms with Crippen LogP contribution in [0.3, 0.4) is 0 Å². The lowest BCUT2D eigenvalue weighted by atomic mass is 10.3. The predicted octanol–water partition coefficient (Wildman–Crippen LogP) is 1.85. The third-order valence-corrected chi connectivity index (χ3v) is 2.55. The number of rotatable bonds is 1. The zero-order valence-electron chi connectivity index (χ0n) is 8.72. The summed E-state index contributed by atoms with van der Waals surface area (Å²) in [6.45, 7) is 0. The highest BCUT2D eigenvalue weighted by Crippen LogP contribution is 2.15. The van der Waals surface area contributed by atoms with Gasteiger partial charge in [0.1, 0.15) is 5.82 Å². The second kappa shape index (κ2) is 3.55. The second-order valence-corrected chi connectivity index (χ2v) is 3.64. The minimum absolute atomic E-state index is 0.307. The summed E-state index contributed by atoms with van der Waals surface area (Å²) in [7, 11) is 0. The number of imidazole rings is 1. The Labute approximate surface area is 95.4 Å². The van der Waals surface area contributed by atoms with Gasteiger partial charge in [0.05, 0.1) is 22.9 Å². The molecule has 2 heterocycles. The van der Waals surface area contributed by atoms with E-state index < -0.39 is 0 Å². The standard InChI is InChI=1S/C12H8FN3O/c13-8-3-4-10-11(6-8)16(12(17)15-10)9-2-1-5-14-7-9/h1-7H,(H,15,17). The van der Waals surface area contributed by atoms with Gasteiger partial charge in [0.25, 0.3) is 0 Å². The summed E-state index contributed by atoms with van der Waals surface area (Å²) in [5.41, 5.74) is 1.40. The van der Waals surface area contributed by atoms with E-state index in [0.29, 0.717) is 16.7 Å². The van der Waals surface area contributed by atoms with Crippen LogP contribution in [0.25, 0.3) is 16.7 Å². The predicted molar refractivity (Wildman–Crippen MR) is 61.6 cm³/mol. The Kier molecular flexibility index (Phi) is 2.04. The minimum Gasteiger partial charge on any atom is -0.305 e. The lowest BCUT2D eigenvalue weighted by Crippen LogP contribution is -2.14. The van der Waals surface area contributed by atoms with Crippen molar-refractivity contribution in [2.75, 3.05) is 0 Å². The zero-order valence-corrected chi connectivity index (χ0v) is 8.72. The summed E-state index contributed by atoms with van der Waals surface area (Å²) in [6.07, 6.45) is 3.17. The molecule has 0 unspecified atom stereocenters. The van der Waals surface area contributed by atoms with E-state index in [1.165, 1.54) is 16.7 Å². The van der Waals surface area contributed by atoms with Gasteiger partial charge < -0.3 is 4.98 Å². The Morgan fingerprint density at radius 1 is 1.29 bits per heavy atom. The van der Waals surface area contributed by atoms with Gasteiger partial charge in [-0.05, 0) is 24.3 Å². The molecule has 2 aromatic heterocycles. The highest BCUT2D eigenvalue weighted by Gasteiger charge is 2.09. The molecule has 3 aromatic rings. The van der Waals surface area contributed by atoms with Crippen molar-refractivity contribution in [3.05, 3.63) is 59.0 Å². The topological polar surface area (TPSA) is 50.7 Å². The molecule has 5 heteroatoms. The summed E-state index contributed by atoms with van der Waals surface area (Å²) >= 11 is 0. The van der Waals surface area contributed by atoms with E-state index in [1.54, 1.807) is 30.6 Å². The highest BCUT2D eigenvalue weighted by molar-refractivity contribution is 5.77. The smallest absolute Gasteiger partial charge is 0.305 e. The third-order valence-electron chi connectivity index (χ3n) is 2.55. The van der Waals surface area contributed by atoms with Gasteiger partial charge in [0.2, 0.25) is 0 Å². The summed E-state index contributed by atoms with van der Waals surface area (Å²) in [6, 6.07) is 7.64. The van der Waals surface area contributed by atoms with Crippen LogP contribution in [0, 0.1) is 5.82 Å². The fourth-order valence-corrected chi connectivity index (χ4v) is 1.82. The second-order valence-electron chi connectivity index (χ2n) is 3.64. The number of hydrogen-bond donors (Lipinski definition) is 1. The quantitative estimate of drug-likeness (QED) is 0.692. The number of pyridine rings is 1. The average Bonchev–Trinajstić information content (AvgIpc) is 2.65. The average molecular weight is 229 g/mol. The van der Waals surface area contributed by atoms with Gasteiger partial charge in [0, 0.05) is 12.3 Å². The Morgan fingerprint density at radius 2 is 2.18 bits per heavy atom. The lowest BCUT2D eigenvalue weighted by Gasteiger charge is -2.01. The van der Waals surface area contributed by atoms with Crippen LogP contribution >= 0.6 is 0 Å². The molecule has 0 spiro atoms. The highest BCUT2D eigenvalue weighted by atomic mass is 19.1. The van der Waals surface area contributed by atoms with E-state index in [0.717, 1.165) is 0 Å². The van der Waals surface area contributed by atoms with Crippen molar-refractivity contribution < 1.29 is 4.39 Å². The number of nitrogens with one attached hydrogen (secondary N) is 1. The molecule has 0 saturated carbocycles. The van der Waals surface area contributed by atoms with Crippen molar-refractivity contribution in [1.29, 1.82) is 0 Å². The van der Waals surface area contributed by atoms with Gasteiger partial charge >= 0.3 is 5.69 Å². The number of aromatic nitrogens is 3. The number of nitrogens with zero attached hydrogens (tertiary/aromatic N) is 2. The molecule has 0 aliphatic rings. The van der Waals surface area contributed by atoms with Crippen LogP contribution in [0.1, 0.15) is 0 Å². The minimum atomic E-state index is -0.380. The molecule has 0 fully saturated rings. The lowest BCUT2D eigenvalue weighted by molar-refractivity contribution is 0.629. The van der Waals surface area contributed by atoms with Gasteiger partial charge in [-0.2, -0.15) is 0 Å². The zero-order chi connectivity index (χ0) is 11.8. The SMILES string of the molecule is O=c1[nH]c2ccc(F)cc2n1-c1cccnc1. The molecule has 0 atom stereocenters. The number of benzene rings is 1. The molecule has 1 aromatic carbocycles. The molecule has 3 rings (SSSR count). The van der Waals surface area contributed by atoms with E-state index in [2.05, 4.69) is 9.97 Å². The van der Waals surface area contributed by atoms with Gasteiger partial charge in [-0.15, -0.1) is 0 Å². The van der Waals surface area contributed by atoms with Crippen LogP contribution in [0.2, 0.25) is 0 Å². The van der Waals surface area contributed by atoms with Crippen molar-refractivity contribution in [2.45, 2.75) is 0 Å². The summed E-state index contributed by atoms with van der Waals surface area (Å²) in [5.74, 6) is -0.380. The normalized spacial score (nSPS) is 10.9. The summed E-state index contributed by atoms with van der Waals surface area (Å²) in [4.78, 5) is 18.4. The maximum absolute atomic E-state index is 13.2. The summed E-state index contributed by atoms with van der Waals surface area (Å²) in [5, 5.41) is 0. The van der Waals surface area contributed by atoms with Crippen LogP contribution < -0.4 is 5.69 Å². The molecular weight excluding hydrogens is 221 g/mol. The molecular formula is C12H8FN3O. The first-order valence-electron chi connectivity index (χ1n) is 5.06. The fourth-order valence-electron chi connectivity index (χ4n) is 1.82. The van der Waals surface area contributed by atoms with E-state index in [1.807, 2.05) is 0 Å². The van der Waals surface area contributed by atoms with Crippen molar-refractivity contribution in [3.8, 4) is 5.69 Å². The number of fused-ring (bicyclic) bond motifs is 1. The van der Waals surface area contributed by atoms with Crippen LogP contribution in [-0.2, 0) is 0 Å². The van der Waals surface area contributed by atoms with E-state index in [4.69, 9.17) is 0 Å². The first kappa shape index (κ1) is 9.77. The molecule has 4 nitrogen and oxygen atoms in total. The van der Waals surface area contributed by atoms with Crippen molar-refractivity contribution in [1.82, 2.24) is 14.5 Å². The number of hydrogen-bond acceptors (Lipinski definition) is 2. The molecule has 1 N–H and O–H groups in total. The van der Waals surface area contributed by atoms with E-state index in [9.17, 15) is 9.18 Å². The molecule has 0 aliphatic carbocycles. The van der Waals surface area contributed by atoms with E-state index in [-0.39, 0.29) is 11.5 Å². The molecule has 17 heavy (non-hydrogen) atoms. The van der Waals surface area contributed by atoms with Gasteiger partial charge in [0.15, 0.2) is 0 Å². The maximum Gasteiger partial charge on any atom is 0.331 e.